The monoisotopic (exact) mass is 194 g/mol. The van der Waals surface area contributed by atoms with Gasteiger partial charge in [-0.2, -0.15) is 24.4 Å². The summed E-state index contributed by atoms with van der Waals surface area (Å²) in [5.41, 5.74) is 0. The summed E-state index contributed by atoms with van der Waals surface area (Å²) >= 11 is 6.12. The molecular formula is C8H18OS2. The first-order valence-electron chi connectivity index (χ1n) is 3.96. The Kier molecular flexibility index (Phi) is 5.65. The van der Waals surface area contributed by atoms with E-state index in [2.05, 4.69) is 26.5 Å². The molecular weight excluding hydrogens is 176 g/mol. The predicted octanol–water partition coefficient (Wildman–Crippen LogP) is 2.20. The van der Waals surface area contributed by atoms with Gasteiger partial charge in [0.1, 0.15) is 0 Å². The van der Waals surface area contributed by atoms with Crippen molar-refractivity contribution in [2.75, 3.05) is 0 Å². The van der Waals surface area contributed by atoms with Crippen LogP contribution in [0.1, 0.15) is 27.7 Å². The van der Waals surface area contributed by atoms with Gasteiger partial charge in [0.2, 0.25) is 0 Å². The maximum absolute atomic E-state index is 9.21. The van der Waals surface area contributed by atoms with Crippen molar-refractivity contribution in [1.82, 2.24) is 0 Å². The summed E-state index contributed by atoms with van der Waals surface area (Å²) < 4.78 is 0. The molecule has 0 heterocycles. The van der Waals surface area contributed by atoms with E-state index in [4.69, 9.17) is 0 Å². The van der Waals surface area contributed by atoms with Crippen LogP contribution < -0.4 is 0 Å². The van der Waals surface area contributed by atoms with Gasteiger partial charge in [-0.15, -0.1) is 0 Å². The molecule has 0 aliphatic rings. The Morgan fingerprint density at radius 1 is 1.09 bits per heavy atom. The number of aliphatic hydroxyl groups is 1. The lowest BCUT2D eigenvalue weighted by molar-refractivity contribution is 0.196. The first-order chi connectivity index (χ1) is 4.95. The summed E-state index contributed by atoms with van der Waals surface area (Å²) in [5.74, 6) is 0. The van der Waals surface area contributed by atoms with E-state index in [9.17, 15) is 5.11 Å². The Labute approximate surface area is 79.4 Å². The highest BCUT2D eigenvalue weighted by Crippen LogP contribution is 2.24. The molecule has 0 aliphatic carbocycles. The fourth-order valence-corrected chi connectivity index (χ4v) is 1.91. The minimum Gasteiger partial charge on any atom is -0.392 e. The third kappa shape index (κ3) is 4.99. The molecule has 0 saturated heterocycles. The number of thioether (sulfide) groups is 1. The van der Waals surface area contributed by atoms with Crippen molar-refractivity contribution in [2.45, 2.75) is 49.5 Å². The fourth-order valence-electron chi connectivity index (χ4n) is 0.566. The van der Waals surface area contributed by atoms with E-state index in [0.29, 0.717) is 15.7 Å². The molecule has 0 aromatic rings. The molecule has 4 atom stereocenters. The molecule has 0 spiro atoms. The van der Waals surface area contributed by atoms with Crippen molar-refractivity contribution in [3.05, 3.63) is 0 Å². The number of hydrogen-bond acceptors (Lipinski definition) is 3. The standard InChI is InChI=1S/C8H18OS2/c1-5(9)7(3)11-8(4)6(2)10/h5-10H,1-4H3/t5-,6-,7+,8+/m1/s1. The van der Waals surface area contributed by atoms with Gasteiger partial charge in [-0.1, -0.05) is 20.8 Å². The molecule has 0 fully saturated rings. The van der Waals surface area contributed by atoms with Gasteiger partial charge in [0, 0.05) is 15.7 Å². The van der Waals surface area contributed by atoms with Crippen LogP contribution >= 0.6 is 24.4 Å². The van der Waals surface area contributed by atoms with Crippen LogP contribution in [0.3, 0.4) is 0 Å². The van der Waals surface area contributed by atoms with Crippen molar-refractivity contribution < 1.29 is 5.11 Å². The summed E-state index contributed by atoms with van der Waals surface area (Å²) in [4.78, 5) is 0. The lowest BCUT2D eigenvalue weighted by atomic mass is 10.3. The SMILES string of the molecule is C[C@H](S[C@@H](C)[C@@H](C)S)[C@@H](C)O. The molecule has 3 heteroatoms. The highest BCUT2D eigenvalue weighted by Gasteiger charge is 2.15. The van der Waals surface area contributed by atoms with E-state index in [1.807, 2.05) is 13.8 Å². The Balaban J connectivity index is 3.66. The summed E-state index contributed by atoms with van der Waals surface area (Å²) in [5, 5.41) is 10.4. The average molecular weight is 194 g/mol. The van der Waals surface area contributed by atoms with Gasteiger partial charge in [-0.3, -0.25) is 0 Å². The Hall–Kier alpha value is 0.660. The largest absolute Gasteiger partial charge is 0.392 e. The van der Waals surface area contributed by atoms with Gasteiger partial charge < -0.3 is 5.11 Å². The van der Waals surface area contributed by atoms with Gasteiger partial charge in [-0.25, -0.2) is 0 Å². The molecule has 1 nitrogen and oxygen atoms in total. The molecule has 11 heavy (non-hydrogen) atoms. The maximum Gasteiger partial charge on any atom is 0.0628 e. The van der Waals surface area contributed by atoms with Gasteiger partial charge >= 0.3 is 0 Å². The van der Waals surface area contributed by atoms with Crippen LogP contribution in [0.2, 0.25) is 0 Å². The highest BCUT2D eigenvalue weighted by atomic mass is 32.2. The topological polar surface area (TPSA) is 20.2 Å². The molecule has 0 rings (SSSR count). The number of hydrogen-bond donors (Lipinski definition) is 2. The van der Waals surface area contributed by atoms with Gasteiger partial charge in [0.05, 0.1) is 6.10 Å². The van der Waals surface area contributed by atoms with Crippen molar-refractivity contribution >= 4 is 24.4 Å². The molecule has 0 aliphatic heterocycles. The molecule has 0 bridgehead atoms. The predicted molar refractivity (Wildman–Crippen MR) is 56.6 cm³/mol. The van der Waals surface area contributed by atoms with Crippen molar-refractivity contribution in [3.63, 3.8) is 0 Å². The van der Waals surface area contributed by atoms with Gasteiger partial charge in [0.25, 0.3) is 0 Å². The highest BCUT2D eigenvalue weighted by molar-refractivity contribution is 8.01. The summed E-state index contributed by atoms with van der Waals surface area (Å²) in [7, 11) is 0. The third-order valence-corrected chi connectivity index (χ3v) is 4.10. The molecule has 0 amide bonds. The van der Waals surface area contributed by atoms with E-state index >= 15 is 0 Å². The Bertz CT molecular complexity index is 92.3. The van der Waals surface area contributed by atoms with Crippen molar-refractivity contribution in [3.8, 4) is 0 Å². The van der Waals surface area contributed by atoms with Crippen LogP contribution in [0.15, 0.2) is 0 Å². The zero-order valence-corrected chi connectivity index (χ0v) is 9.32. The summed E-state index contributed by atoms with van der Waals surface area (Å²) in [6.45, 7) is 8.09. The van der Waals surface area contributed by atoms with E-state index in [0.717, 1.165) is 0 Å². The molecule has 0 radical (unpaired) electrons. The van der Waals surface area contributed by atoms with Crippen LogP contribution in [0.25, 0.3) is 0 Å². The molecule has 0 unspecified atom stereocenters. The average Bonchev–Trinajstić information content (AvgIpc) is 1.87. The van der Waals surface area contributed by atoms with Crippen LogP contribution in [0, 0.1) is 0 Å². The minimum atomic E-state index is -0.227. The molecule has 1 N–H and O–H groups in total. The van der Waals surface area contributed by atoms with Crippen LogP contribution in [-0.2, 0) is 0 Å². The van der Waals surface area contributed by atoms with Crippen LogP contribution in [-0.4, -0.2) is 27.0 Å². The number of aliphatic hydroxyl groups excluding tert-OH is 1. The number of rotatable bonds is 4. The van der Waals surface area contributed by atoms with Crippen molar-refractivity contribution in [1.29, 1.82) is 0 Å². The zero-order chi connectivity index (χ0) is 9.02. The lowest BCUT2D eigenvalue weighted by Gasteiger charge is -2.21. The second kappa shape index (κ2) is 5.33. The minimum absolute atomic E-state index is 0.227. The third-order valence-electron chi connectivity index (χ3n) is 1.79. The van der Waals surface area contributed by atoms with E-state index < -0.39 is 0 Å². The summed E-state index contributed by atoms with van der Waals surface area (Å²) in [6.07, 6.45) is -0.227. The summed E-state index contributed by atoms with van der Waals surface area (Å²) in [6, 6.07) is 0. The second-order valence-electron chi connectivity index (χ2n) is 3.03. The first-order valence-corrected chi connectivity index (χ1v) is 5.42. The molecule has 0 aromatic carbocycles. The first kappa shape index (κ1) is 11.7. The van der Waals surface area contributed by atoms with E-state index in [1.54, 1.807) is 11.8 Å². The van der Waals surface area contributed by atoms with Gasteiger partial charge in [-0.05, 0) is 6.92 Å². The normalized spacial score (nSPS) is 22.4. The fraction of sp³-hybridized carbons (Fsp3) is 1.00. The van der Waals surface area contributed by atoms with Crippen LogP contribution in [0.4, 0.5) is 0 Å². The molecule has 68 valence electrons. The van der Waals surface area contributed by atoms with Crippen LogP contribution in [0.5, 0.6) is 0 Å². The second-order valence-corrected chi connectivity index (χ2v) is 5.60. The lowest BCUT2D eigenvalue weighted by Crippen LogP contribution is -2.21. The quantitative estimate of drug-likeness (QED) is 0.669. The van der Waals surface area contributed by atoms with Crippen molar-refractivity contribution in [2.24, 2.45) is 0 Å². The Morgan fingerprint density at radius 3 is 1.82 bits per heavy atom. The smallest absolute Gasteiger partial charge is 0.0628 e. The molecule has 0 saturated carbocycles. The molecule has 0 aromatic heterocycles. The zero-order valence-electron chi connectivity index (χ0n) is 7.61. The van der Waals surface area contributed by atoms with E-state index in [-0.39, 0.29) is 6.10 Å². The Morgan fingerprint density at radius 2 is 1.55 bits per heavy atom. The van der Waals surface area contributed by atoms with Gasteiger partial charge in [0.15, 0.2) is 0 Å². The maximum atomic E-state index is 9.21. The van der Waals surface area contributed by atoms with E-state index in [1.165, 1.54) is 0 Å². The number of thiol groups is 1.